The Morgan fingerprint density at radius 2 is 2.14 bits per heavy atom. The second kappa shape index (κ2) is 4.15. The van der Waals surface area contributed by atoms with Gasteiger partial charge in [-0.05, 0) is 6.07 Å². The van der Waals surface area contributed by atoms with Crippen LogP contribution in [0.2, 0.25) is 0 Å². The number of hydrogen-bond acceptors (Lipinski definition) is 2. The van der Waals surface area contributed by atoms with E-state index in [1.54, 1.807) is 0 Å². The van der Waals surface area contributed by atoms with Crippen molar-refractivity contribution in [2.45, 2.75) is 6.10 Å². The predicted molar refractivity (Wildman–Crippen MR) is 43.7 cm³/mol. The van der Waals surface area contributed by atoms with Crippen molar-refractivity contribution >= 4 is 5.97 Å². The molecule has 1 rings (SSSR count). The average Bonchev–Trinajstić information content (AvgIpc) is 2.13. The summed E-state index contributed by atoms with van der Waals surface area (Å²) in [6.07, 6.45) is -1.48. The highest BCUT2D eigenvalue weighted by Gasteiger charge is 2.23. The summed E-state index contributed by atoms with van der Waals surface area (Å²) in [5, 5.41) is 8.63. The summed E-state index contributed by atoms with van der Waals surface area (Å²) in [5.74, 6) is -3.65. The van der Waals surface area contributed by atoms with Gasteiger partial charge in [0.05, 0.1) is 0 Å². The molecule has 5 heteroatoms. The number of halogens is 2. The van der Waals surface area contributed by atoms with E-state index in [9.17, 15) is 13.6 Å². The number of rotatable bonds is 3. The van der Waals surface area contributed by atoms with Crippen molar-refractivity contribution in [1.82, 2.24) is 0 Å². The van der Waals surface area contributed by atoms with Crippen LogP contribution in [0.3, 0.4) is 0 Å². The molecule has 0 saturated carbocycles. The maximum absolute atomic E-state index is 13.1. The molecular weight excluding hydrogens is 194 g/mol. The Kier molecular flexibility index (Phi) is 3.14. The molecule has 1 unspecified atom stereocenters. The number of hydrogen-bond donors (Lipinski definition) is 1. The molecule has 0 fully saturated rings. The minimum Gasteiger partial charge on any atom is -0.479 e. The lowest BCUT2D eigenvalue weighted by molar-refractivity contribution is -0.149. The Bertz CT molecular complexity index is 352. The maximum Gasteiger partial charge on any atom is 0.337 e. The third kappa shape index (κ3) is 1.88. The fourth-order valence-electron chi connectivity index (χ4n) is 1.08. The van der Waals surface area contributed by atoms with Crippen LogP contribution in [0.25, 0.3) is 0 Å². The molecular formula is C9H8F2O3. The van der Waals surface area contributed by atoms with Gasteiger partial charge in [0.25, 0.3) is 0 Å². The molecule has 0 spiro atoms. The molecule has 0 radical (unpaired) electrons. The number of ether oxygens (including phenoxy) is 1. The Balaban J connectivity index is 3.16. The number of methoxy groups -OCH3 is 1. The predicted octanol–water partition coefficient (Wildman–Crippen LogP) is 1.74. The van der Waals surface area contributed by atoms with Crippen molar-refractivity contribution < 1.29 is 23.4 Å². The number of carboxylic acids is 1. The summed E-state index contributed by atoms with van der Waals surface area (Å²) < 4.78 is 30.3. The highest BCUT2D eigenvalue weighted by atomic mass is 19.2. The van der Waals surface area contributed by atoms with E-state index in [4.69, 9.17) is 5.11 Å². The Morgan fingerprint density at radius 1 is 1.50 bits per heavy atom. The smallest absolute Gasteiger partial charge is 0.337 e. The number of aliphatic carboxylic acids is 1. The van der Waals surface area contributed by atoms with Gasteiger partial charge in [0, 0.05) is 12.7 Å². The Labute approximate surface area is 78.9 Å². The Morgan fingerprint density at radius 3 is 2.64 bits per heavy atom. The normalized spacial score (nSPS) is 12.5. The first-order chi connectivity index (χ1) is 6.57. The first-order valence-corrected chi connectivity index (χ1v) is 3.77. The fourth-order valence-corrected chi connectivity index (χ4v) is 1.08. The molecule has 0 heterocycles. The molecule has 1 N–H and O–H groups in total. The summed E-state index contributed by atoms with van der Waals surface area (Å²) >= 11 is 0. The van der Waals surface area contributed by atoms with Crippen LogP contribution in [0.15, 0.2) is 18.2 Å². The lowest BCUT2D eigenvalue weighted by Crippen LogP contribution is -2.15. The van der Waals surface area contributed by atoms with Gasteiger partial charge in [0.2, 0.25) is 0 Å². The van der Waals surface area contributed by atoms with E-state index >= 15 is 0 Å². The van der Waals surface area contributed by atoms with Crippen LogP contribution in [-0.2, 0) is 9.53 Å². The van der Waals surface area contributed by atoms with E-state index < -0.39 is 23.7 Å². The molecule has 1 aromatic rings. The minimum absolute atomic E-state index is 0.319. The number of benzene rings is 1. The summed E-state index contributed by atoms with van der Waals surface area (Å²) in [5.41, 5.74) is -0.319. The second-order valence-corrected chi connectivity index (χ2v) is 2.60. The fraction of sp³-hybridized carbons (Fsp3) is 0.222. The highest BCUT2D eigenvalue weighted by molar-refractivity contribution is 5.74. The van der Waals surface area contributed by atoms with Gasteiger partial charge in [-0.25, -0.2) is 13.6 Å². The highest BCUT2D eigenvalue weighted by Crippen LogP contribution is 2.21. The van der Waals surface area contributed by atoms with Crippen LogP contribution >= 0.6 is 0 Å². The summed E-state index contributed by atoms with van der Waals surface area (Å²) in [7, 11) is 1.11. The third-order valence-corrected chi connectivity index (χ3v) is 1.72. The molecule has 0 saturated heterocycles. The van der Waals surface area contributed by atoms with Gasteiger partial charge in [-0.2, -0.15) is 0 Å². The zero-order valence-corrected chi connectivity index (χ0v) is 7.33. The van der Waals surface area contributed by atoms with E-state index in [0.29, 0.717) is 0 Å². The molecule has 0 amide bonds. The van der Waals surface area contributed by atoms with E-state index in [2.05, 4.69) is 4.74 Å². The lowest BCUT2D eigenvalue weighted by atomic mass is 10.1. The van der Waals surface area contributed by atoms with Crippen LogP contribution in [0.5, 0.6) is 0 Å². The molecule has 14 heavy (non-hydrogen) atoms. The molecule has 0 aromatic heterocycles. The third-order valence-electron chi connectivity index (χ3n) is 1.72. The molecule has 0 aliphatic rings. The van der Waals surface area contributed by atoms with E-state index in [0.717, 1.165) is 13.2 Å². The SMILES string of the molecule is COC(C(=O)O)c1cccc(F)c1F. The van der Waals surface area contributed by atoms with Gasteiger partial charge in [0.1, 0.15) is 0 Å². The standard InChI is InChI=1S/C9H8F2O3/c1-14-8(9(12)13)5-3-2-4-6(10)7(5)11/h2-4,8H,1H3,(H,12,13). The van der Waals surface area contributed by atoms with Gasteiger partial charge in [-0.1, -0.05) is 12.1 Å². The topological polar surface area (TPSA) is 46.5 Å². The van der Waals surface area contributed by atoms with Crippen LogP contribution < -0.4 is 0 Å². The van der Waals surface area contributed by atoms with Crippen LogP contribution in [0.4, 0.5) is 8.78 Å². The maximum atomic E-state index is 13.1. The molecule has 0 aliphatic heterocycles. The van der Waals surface area contributed by atoms with Gasteiger partial charge < -0.3 is 9.84 Å². The van der Waals surface area contributed by atoms with Crippen molar-refractivity contribution in [1.29, 1.82) is 0 Å². The first-order valence-electron chi connectivity index (χ1n) is 3.77. The number of carbonyl (C=O) groups is 1. The first kappa shape index (κ1) is 10.6. The summed E-state index contributed by atoms with van der Waals surface area (Å²) in [6, 6.07) is 3.30. The van der Waals surface area contributed by atoms with Gasteiger partial charge >= 0.3 is 5.97 Å². The monoisotopic (exact) mass is 202 g/mol. The Hall–Kier alpha value is -1.49. The van der Waals surface area contributed by atoms with Gasteiger partial charge in [-0.15, -0.1) is 0 Å². The van der Waals surface area contributed by atoms with E-state index in [1.165, 1.54) is 12.1 Å². The van der Waals surface area contributed by atoms with Crippen LogP contribution in [-0.4, -0.2) is 18.2 Å². The van der Waals surface area contributed by atoms with Gasteiger partial charge in [0.15, 0.2) is 17.7 Å². The van der Waals surface area contributed by atoms with Gasteiger partial charge in [-0.3, -0.25) is 0 Å². The molecule has 1 atom stereocenters. The molecule has 0 bridgehead atoms. The zero-order chi connectivity index (χ0) is 10.7. The zero-order valence-electron chi connectivity index (χ0n) is 7.33. The van der Waals surface area contributed by atoms with E-state index in [1.807, 2.05) is 0 Å². The van der Waals surface area contributed by atoms with Crippen molar-refractivity contribution in [2.75, 3.05) is 7.11 Å². The molecule has 1 aromatic carbocycles. The number of carboxylic acid groups (broad SMARTS) is 1. The van der Waals surface area contributed by atoms with Crippen molar-refractivity contribution in [3.8, 4) is 0 Å². The van der Waals surface area contributed by atoms with Crippen LogP contribution in [0.1, 0.15) is 11.7 Å². The minimum atomic E-state index is -1.48. The van der Waals surface area contributed by atoms with E-state index in [-0.39, 0.29) is 5.56 Å². The largest absolute Gasteiger partial charge is 0.479 e. The lowest BCUT2D eigenvalue weighted by Gasteiger charge is -2.11. The quantitative estimate of drug-likeness (QED) is 0.811. The van der Waals surface area contributed by atoms with Crippen LogP contribution in [0, 0.1) is 11.6 Å². The molecule has 76 valence electrons. The van der Waals surface area contributed by atoms with Crippen molar-refractivity contribution in [2.24, 2.45) is 0 Å². The van der Waals surface area contributed by atoms with Crippen molar-refractivity contribution in [3.05, 3.63) is 35.4 Å². The second-order valence-electron chi connectivity index (χ2n) is 2.60. The average molecular weight is 202 g/mol. The summed E-state index contributed by atoms with van der Waals surface area (Å²) in [4.78, 5) is 10.6. The molecule has 0 aliphatic carbocycles. The summed E-state index contributed by atoms with van der Waals surface area (Å²) in [6.45, 7) is 0. The van der Waals surface area contributed by atoms with Crippen molar-refractivity contribution in [3.63, 3.8) is 0 Å². The molecule has 3 nitrogen and oxygen atoms in total.